The number of nitrogens with zero attached hydrogens (tertiary/aromatic N) is 1. The molecule has 0 aliphatic carbocycles. The molecule has 0 N–H and O–H groups in total. The Morgan fingerprint density at radius 2 is 1.44 bits per heavy atom. The molecule has 3 aromatic rings. The van der Waals surface area contributed by atoms with E-state index in [0.717, 1.165) is 4.47 Å². The maximum atomic E-state index is 13.2. The van der Waals surface area contributed by atoms with Gasteiger partial charge in [-0.3, -0.25) is 4.31 Å². The van der Waals surface area contributed by atoms with Gasteiger partial charge in [0.1, 0.15) is 5.82 Å². The SMILES string of the molecule is O=S(=O)(c1ccccc1)N(Cc1ccc(F)cc1)c1ccc(Br)cc1. The summed E-state index contributed by atoms with van der Waals surface area (Å²) in [7, 11) is -3.75. The molecule has 25 heavy (non-hydrogen) atoms. The molecule has 0 aliphatic heterocycles. The van der Waals surface area contributed by atoms with Gasteiger partial charge in [0.15, 0.2) is 0 Å². The first-order chi connectivity index (χ1) is 12.0. The molecule has 3 aromatic carbocycles. The van der Waals surface area contributed by atoms with Crippen LogP contribution in [0.25, 0.3) is 0 Å². The van der Waals surface area contributed by atoms with Gasteiger partial charge in [-0.05, 0) is 54.1 Å². The number of rotatable bonds is 5. The van der Waals surface area contributed by atoms with Crippen LogP contribution in [-0.2, 0) is 16.6 Å². The number of hydrogen-bond donors (Lipinski definition) is 0. The molecule has 0 aliphatic rings. The van der Waals surface area contributed by atoms with Gasteiger partial charge in [0.05, 0.1) is 17.1 Å². The van der Waals surface area contributed by atoms with Crippen molar-refractivity contribution in [1.29, 1.82) is 0 Å². The predicted molar refractivity (Wildman–Crippen MR) is 100 cm³/mol. The second-order valence-electron chi connectivity index (χ2n) is 5.43. The Hall–Kier alpha value is -2.18. The van der Waals surface area contributed by atoms with Crippen LogP contribution >= 0.6 is 15.9 Å². The molecule has 0 atom stereocenters. The highest BCUT2D eigenvalue weighted by atomic mass is 79.9. The molecule has 0 saturated carbocycles. The summed E-state index contributed by atoms with van der Waals surface area (Å²) in [5.74, 6) is -0.357. The van der Waals surface area contributed by atoms with E-state index in [-0.39, 0.29) is 17.3 Å². The maximum Gasteiger partial charge on any atom is 0.264 e. The van der Waals surface area contributed by atoms with Crippen LogP contribution < -0.4 is 4.31 Å². The molecular formula is C19H15BrFNO2S. The lowest BCUT2D eigenvalue weighted by Crippen LogP contribution is -2.30. The van der Waals surface area contributed by atoms with Gasteiger partial charge in [0.25, 0.3) is 10.0 Å². The zero-order valence-corrected chi connectivity index (χ0v) is 15.5. The van der Waals surface area contributed by atoms with Crippen molar-refractivity contribution in [2.75, 3.05) is 4.31 Å². The minimum absolute atomic E-state index is 0.110. The summed E-state index contributed by atoms with van der Waals surface area (Å²) in [6.07, 6.45) is 0. The van der Waals surface area contributed by atoms with Gasteiger partial charge in [-0.25, -0.2) is 12.8 Å². The standard InChI is InChI=1S/C19H15BrFNO2S/c20-16-8-12-18(13-9-16)22(14-15-6-10-17(21)11-7-15)25(23,24)19-4-2-1-3-5-19/h1-13H,14H2. The Balaban J connectivity index is 2.05. The number of halogens is 2. The van der Waals surface area contributed by atoms with Crippen molar-refractivity contribution in [3.63, 3.8) is 0 Å². The maximum absolute atomic E-state index is 13.2. The van der Waals surface area contributed by atoms with E-state index in [0.29, 0.717) is 11.3 Å². The Morgan fingerprint density at radius 3 is 2.04 bits per heavy atom. The number of anilines is 1. The monoisotopic (exact) mass is 419 g/mol. The van der Waals surface area contributed by atoms with E-state index < -0.39 is 10.0 Å². The molecule has 0 radical (unpaired) electrons. The normalized spacial score (nSPS) is 11.3. The summed E-state index contributed by atoms with van der Waals surface area (Å²) < 4.78 is 41.6. The molecule has 0 amide bonds. The molecule has 0 bridgehead atoms. The predicted octanol–water partition coefficient (Wildman–Crippen LogP) is 4.98. The quantitative estimate of drug-likeness (QED) is 0.584. The van der Waals surface area contributed by atoms with Crippen LogP contribution in [0.5, 0.6) is 0 Å². The van der Waals surface area contributed by atoms with E-state index >= 15 is 0 Å². The first kappa shape index (κ1) is 17.6. The Morgan fingerprint density at radius 1 is 0.840 bits per heavy atom. The summed E-state index contributed by atoms with van der Waals surface area (Å²) in [5, 5.41) is 0. The summed E-state index contributed by atoms with van der Waals surface area (Å²) in [4.78, 5) is 0.208. The van der Waals surface area contributed by atoms with E-state index in [1.165, 1.54) is 16.4 Å². The third kappa shape index (κ3) is 4.08. The van der Waals surface area contributed by atoms with Crippen LogP contribution in [0.2, 0.25) is 0 Å². The average Bonchev–Trinajstić information content (AvgIpc) is 2.63. The topological polar surface area (TPSA) is 37.4 Å². The molecule has 3 rings (SSSR count). The molecular weight excluding hydrogens is 405 g/mol. The van der Waals surface area contributed by atoms with Crippen molar-refractivity contribution in [2.45, 2.75) is 11.4 Å². The third-order valence-corrected chi connectivity index (χ3v) is 6.00. The van der Waals surface area contributed by atoms with Crippen LogP contribution in [-0.4, -0.2) is 8.42 Å². The molecule has 0 spiro atoms. The van der Waals surface area contributed by atoms with Crippen molar-refractivity contribution in [2.24, 2.45) is 0 Å². The lowest BCUT2D eigenvalue weighted by atomic mass is 10.2. The minimum Gasteiger partial charge on any atom is -0.262 e. The van der Waals surface area contributed by atoms with Crippen molar-refractivity contribution < 1.29 is 12.8 Å². The van der Waals surface area contributed by atoms with E-state index in [2.05, 4.69) is 15.9 Å². The fourth-order valence-corrected chi connectivity index (χ4v) is 4.14. The molecule has 0 fully saturated rings. The van der Waals surface area contributed by atoms with Crippen LogP contribution in [0.1, 0.15) is 5.56 Å². The lowest BCUT2D eigenvalue weighted by Gasteiger charge is -2.25. The van der Waals surface area contributed by atoms with Crippen molar-refractivity contribution in [3.05, 3.63) is 94.7 Å². The van der Waals surface area contributed by atoms with Gasteiger partial charge >= 0.3 is 0 Å². The summed E-state index contributed by atoms with van der Waals surface area (Å²) in [5.41, 5.74) is 1.24. The fraction of sp³-hybridized carbons (Fsp3) is 0.0526. The fourth-order valence-electron chi connectivity index (χ4n) is 2.40. The molecule has 3 nitrogen and oxygen atoms in total. The van der Waals surface area contributed by atoms with Crippen LogP contribution in [0, 0.1) is 5.82 Å². The first-order valence-electron chi connectivity index (χ1n) is 7.54. The third-order valence-electron chi connectivity index (χ3n) is 3.69. The Labute approximate surface area is 154 Å². The second kappa shape index (κ2) is 7.37. The summed E-state index contributed by atoms with van der Waals surface area (Å²) in [6, 6.07) is 21.1. The number of hydrogen-bond acceptors (Lipinski definition) is 2. The van der Waals surface area contributed by atoms with Gasteiger partial charge in [-0.1, -0.05) is 46.3 Å². The van der Waals surface area contributed by atoms with Crippen molar-refractivity contribution >= 4 is 31.6 Å². The van der Waals surface area contributed by atoms with Gasteiger partial charge in [-0.2, -0.15) is 0 Å². The van der Waals surface area contributed by atoms with Crippen LogP contribution in [0.15, 0.2) is 88.2 Å². The van der Waals surface area contributed by atoms with Gasteiger partial charge < -0.3 is 0 Å². The minimum atomic E-state index is -3.75. The second-order valence-corrected chi connectivity index (χ2v) is 8.21. The van der Waals surface area contributed by atoms with Crippen LogP contribution in [0.4, 0.5) is 10.1 Å². The van der Waals surface area contributed by atoms with E-state index in [4.69, 9.17) is 0 Å². The highest BCUT2D eigenvalue weighted by Gasteiger charge is 2.25. The van der Waals surface area contributed by atoms with Crippen molar-refractivity contribution in [1.82, 2.24) is 0 Å². The zero-order valence-electron chi connectivity index (χ0n) is 13.1. The smallest absolute Gasteiger partial charge is 0.262 e. The molecule has 0 aromatic heterocycles. The molecule has 0 unspecified atom stereocenters. The molecule has 6 heteroatoms. The zero-order chi connectivity index (χ0) is 17.9. The Bertz CT molecular complexity index is 943. The van der Waals surface area contributed by atoms with E-state index in [1.54, 1.807) is 66.7 Å². The van der Waals surface area contributed by atoms with Crippen molar-refractivity contribution in [3.8, 4) is 0 Å². The Kier molecular flexibility index (Phi) is 5.20. The largest absolute Gasteiger partial charge is 0.264 e. The van der Waals surface area contributed by atoms with Crippen LogP contribution in [0.3, 0.4) is 0 Å². The lowest BCUT2D eigenvalue weighted by molar-refractivity contribution is 0.590. The molecule has 0 heterocycles. The number of benzene rings is 3. The van der Waals surface area contributed by atoms with E-state index in [1.807, 2.05) is 0 Å². The summed E-state index contributed by atoms with van der Waals surface area (Å²) >= 11 is 3.36. The first-order valence-corrected chi connectivity index (χ1v) is 9.78. The highest BCUT2D eigenvalue weighted by Crippen LogP contribution is 2.27. The molecule has 0 saturated heterocycles. The van der Waals surface area contributed by atoms with Gasteiger partial charge in [0, 0.05) is 4.47 Å². The van der Waals surface area contributed by atoms with Gasteiger partial charge in [0.2, 0.25) is 0 Å². The van der Waals surface area contributed by atoms with E-state index in [9.17, 15) is 12.8 Å². The van der Waals surface area contributed by atoms with Gasteiger partial charge in [-0.15, -0.1) is 0 Å². The average molecular weight is 420 g/mol. The summed E-state index contributed by atoms with van der Waals surface area (Å²) in [6.45, 7) is 0.110. The molecule has 128 valence electrons. The number of sulfonamides is 1. The highest BCUT2D eigenvalue weighted by molar-refractivity contribution is 9.10.